The minimum Gasteiger partial charge on any atom is -0.356 e. The molecule has 39 heavy (non-hydrogen) atoms. The van der Waals surface area contributed by atoms with E-state index in [1.165, 1.54) is 6.07 Å². The van der Waals surface area contributed by atoms with Crippen LogP contribution in [0.25, 0.3) is 11.2 Å². The number of piperidine rings is 1. The molecule has 4 N–H and O–H groups in total. The summed E-state index contributed by atoms with van der Waals surface area (Å²) >= 11 is 0. The van der Waals surface area contributed by atoms with Crippen molar-refractivity contribution in [3.63, 3.8) is 0 Å². The average Bonchev–Trinajstić information content (AvgIpc) is 3.23. The molecule has 0 spiro atoms. The number of pyridine rings is 2. The van der Waals surface area contributed by atoms with Crippen LogP contribution in [0.1, 0.15) is 66.6 Å². The summed E-state index contributed by atoms with van der Waals surface area (Å²) < 4.78 is 36.6. The Labute approximate surface area is 223 Å². The maximum atomic E-state index is 14.7. The number of hydrogen-bond donors (Lipinski definition) is 3. The van der Waals surface area contributed by atoms with Gasteiger partial charge in [-0.05, 0) is 61.1 Å². The summed E-state index contributed by atoms with van der Waals surface area (Å²) in [7, 11) is 0. The highest BCUT2D eigenvalue weighted by molar-refractivity contribution is 5.70. The van der Waals surface area contributed by atoms with Gasteiger partial charge in [0.1, 0.15) is 6.10 Å². The number of nitrogens with one attached hydrogen (secondary N) is 1. The number of halogens is 2. The van der Waals surface area contributed by atoms with Gasteiger partial charge in [0.2, 0.25) is 6.41 Å². The van der Waals surface area contributed by atoms with Gasteiger partial charge in [0.25, 0.3) is 0 Å². The van der Waals surface area contributed by atoms with Crippen LogP contribution in [-0.2, 0) is 4.74 Å². The smallest absolute Gasteiger partial charge is 0.327 e. The summed E-state index contributed by atoms with van der Waals surface area (Å²) in [4.78, 5) is 25.9. The summed E-state index contributed by atoms with van der Waals surface area (Å²) in [6.07, 6.45) is 3.63. The van der Waals surface area contributed by atoms with Gasteiger partial charge < -0.3 is 15.6 Å². The van der Waals surface area contributed by atoms with Crippen molar-refractivity contribution < 1.29 is 18.6 Å². The third-order valence-corrected chi connectivity index (χ3v) is 8.04. The Hall–Kier alpha value is -3.51. The zero-order valence-corrected chi connectivity index (χ0v) is 21.2. The minimum atomic E-state index is -1.20. The molecular weight excluding hydrogens is 506 g/mol. The van der Waals surface area contributed by atoms with Gasteiger partial charge in [0, 0.05) is 43.5 Å². The van der Waals surface area contributed by atoms with E-state index in [0.29, 0.717) is 55.7 Å². The number of benzene rings is 1. The maximum absolute atomic E-state index is 14.7. The monoisotopic (exact) mass is 536 g/mol. The van der Waals surface area contributed by atoms with Crippen LogP contribution in [0.4, 0.5) is 8.78 Å². The Morgan fingerprint density at radius 2 is 1.74 bits per heavy atom. The van der Waals surface area contributed by atoms with Crippen molar-refractivity contribution in [2.75, 3.05) is 13.1 Å². The number of fused-ring (bicyclic) bond motifs is 2. The largest absolute Gasteiger partial charge is 0.356 e. The molecule has 4 heterocycles. The van der Waals surface area contributed by atoms with E-state index in [2.05, 4.69) is 15.0 Å². The second-order valence-corrected chi connectivity index (χ2v) is 10.2. The molecule has 1 aromatic carbocycles. The van der Waals surface area contributed by atoms with Gasteiger partial charge in [-0.25, -0.2) is 18.6 Å². The molecule has 1 saturated heterocycles. The molecule has 4 atom stereocenters. The fourth-order valence-electron chi connectivity index (χ4n) is 6.05. The molecule has 4 aromatic rings. The number of hydrogen-bond acceptors (Lipinski definition) is 7. The molecule has 6 rings (SSSR count). The Morgan fingerprint density at radius 3 is 2.56 bits per heavy atom. The first-order valence-electron chi connectivity index (χ1n) is 13.2. The summed E-state index contributed by atoms with van der Waals surface area (Å²) in [5.74, 6) is -2.28. The topological polar surface area (TPSA) is 122 Å². The van der Waals surface area contributed by atoms with Crippen LogP contribution in [0.5, 0.6) is 0 Å². The Balaban J connectivity index is 1.17. The van der Waals surface area contributed by atoms with Crippen LogP contribution < -0.4 is 11.4 Å². The second-order valence-electron chi connectivity index (χ2n) is 10.2. The van der Waals surface area contributed by atoms with Gasteiger partial charge in [0.15, 0.2) is 17.3 Å². The molecule has 1 fully saturated rings. The Morgan fingerprint density at radius 1 is 1.00 bits per heavy atom. The van der Waals surface area contributed by atoms with E-state index in [-0.39, 0.29) is 17.3 Å². The summed E-state index contributed by atoms with van der Waals surface area (Å²) in [6.45, 7) is 1.04. The molecule has 1 aliphatic heterocycles. The van der Waals surface area contributed by atoms with E-state index in [9.17, 15) is 18.7 Å². The van der Waals surface area contributed by atoms with Crippen molar-refractivity contribution in [3.8, 4) is 0 Å². The molecule has 204 valence electrons. The quantitative estimate of drug-likeness (QED) is 0.263. The lowest BCUT2D eigenvalue weighted by atomic mass is 9.86. The van der Waals surface area contributed by atoms with Crippen LogP contribution >= 0.6 is 0 Å². The zero-order valence-electron chi connectivity index (χ0n) is 21.2. The van der Waals surface area contributed by atoms with Crippen LogP contribution in [0.3, 0.4) is 0 Å². The third kappa shape index (κ3) is 4.76. The molecule has 1 aliphatic carbocycles. The predicted molar refractivity (Wildman–Crippen MR) is 140 cm³/mol. The van der Waals surface area contributed by atoms with E-state index >= 15 is 0 Å². The molecule has 3 aromatic heterocycles. The number of H-pyrrole nitrogens is 1. The van der Waals surface area contributed by atoms with Gasteiger partial charge in [-0.3, -0.25) is 19.4 Å². The van der Waals surface area contributed by atoms with Crippen molar-refractivity contribution in [2.45, 2.75) is 56.2 Å². The molecule has 0 radical (unpaired) electrons. The predicted octanol–water partition coefficient (Wildman–Crippen LogP) is 3.65. The highest BCUT2D eigenvalue weighted by atomic mass is 19.2. The highest BCUT2D eigenvalue weighted by Crippen LogP contribution is 2.43. The van der Waals surface area contributed by atoms with Crippen molar-refractivity contribution in [1.82, 2.24) is 24.4 Å². The third-order valence-electron chi connectivity index (χ3n) is 8.04. The standard InChI is InChI=1S/C28H30F2N6O3/c29-20-6-1-4-17(23(20)30)18-8-9-22(25-19(24(18)31)5-2-12-32-25)39-28(38)35-14-10-16(11-15-35)36-21-7-3-13-33-26(21)34-27(36)37/h1-7,12-13,16,18,22,24,28,38H,8-11,14-15,31H2,(H,33,34,37)/t18-,22+,24-,28?/m0/s1. The lowest BCUT2D eigenvalue weighted by Crippen LogP contribution is -2.44. The number of nitrogens with zero attached hydrogens (tertiary/aromatic N) is 4. The number of aliphatic hydroxyl groups is 1. The number of likely N-dealkylation sites (tertiary alicyclic amines) is 1. The van der Waals surface area contributed by atoms with Crippen molar-refractivity contribution in [2.24, 2.45) is 5.73 Å². The molecule has 9 nitrogen and oxygen atoms in total. The van der Waals surface area contributed by atoms with Crippen LogP contribution in [0.15, 0.2) is 59.7 Å². The van der Waals surface area contributed by atoms with E-state index < -0.39 is 36.1 Å². The van der Waals surface area contributed by atoms with E-state index in [0.717, 1.165) is 11.6 Å². The van der Waals surface area contributed by atoms with Crippen molar-refractivity contribution in [1.29, 1.82) is 0 Å². The number of nitrogens with two attached hydrogens (primary N) is 1. The first kappa shape index (κ1) is 25.8. The number of aromatic nitrogens is 4. The van der Waals surface area contributed by atoms with Gasteiger partial charge >= 0.3 is 5.69 Å². The number of ether oxygens (including phenoxy) is 1. The second kappa shape index (κ2) is 10.6. The van der Waals surface area contributed by atoms with E-state index in [4.69, 9.17) is 10.5 Å². The summed E-state index contributed by atoms with van der Waals surface area (Å²) in [5.41, 5.74) is 9.23. The summed E-state index contributed by atoms with van der Waals surface area (Å²) in [5, 5.41) is 11.1. The normalized spacial score (nSPS) is 23.4. The van der Waals surface area contributed by atoms with Crippen molar-refractivity contribution in [3.05, 3.63) is 93.8 Å². The number of rotatable bonds is 5. The van der Waals surface area contributed by atoms with Crippen LogP contribution in [0, 0.1) is 11.6 Å². The fraction of sp³-hybridized carbons (Fsp3) is 0.393. The first-order valence-corrected chi connectivity index (χ1v) is 13.2. The average molecular weight is 537 g/mol. The molecule has 2 aliphatic rings. The number of imidazole rings is 1. The first-order chi connectivity index (χ1) is 18.9. The number of aliphatic hydroxyl groups excluding tert-OH is 1. The molecule has 0 amide bonds. The fourth-order valence-corrected chi connectivity index (χ4v) is 6.05. The zero-order chi connectivity index (χ0) is 27.1. The molecule has 11 heteroatoms. The molecule has 1 unspecified atom stereocenters. The van der Waals surface area contributed by atoms with Gasteiger partial charge in [-0.1, -0.05) is 18.2 Å². The lowest BCUT2D eigenvalue weighted by molar-refractivity contribution is -0.226. The SMILES string of the molecule is N[C@@H]1c2cccnc2[C@H](OC(O)N2CCC(n3c(=O)[nH]c4ncccc43)CC2)CC[C@H]1c1cccc(F)c1F. The van der Waals surface area contributed by atoms with Crippen LogP contribution in [-0.4, -0.2) is 49.0 Å². The van der Waals surface area contributed by atoms with Gasteiger partial charge in [-0.15, -0.1) is 0 Å². The summed E-state index contributed by atoms with van der Waals surface area (Å²) in [6, 6.07) is 10.7. The molecular formula is C28H30F2N6O3. The van der Waals surface area contributed by atoms with Crippen LogP contribution in [0.2, 0.25) is 0 Å². The van der Waals surface area contributed by atoms with E-state index in [1.54, 1.807) is 35.2 Å². The Bertz CT molecular complexity index is 1530. The Kier molecular flexibility index (Phi) is 6.98. The number of aromatic amines is 1. The minimum absolute atomic E-state index is 0.0286. The highest BCUT2D eigenvalue weighted by Gasteiger charge is 2.36. The molecule has 0 bridgehead atoms. The lowest BCUT2D eigenvalue weighted by Gasteiger charge is -2.36. The maximum Gasteiger partial charge on any atom is 0.327 e. The van der Waals surface area contributed by atoms with Gasteiger partial charge in [-0.2, -0.15) is 0 Å². The van der Waals surface area contributed by atoms with Gasteiger partial charge in [0.05, 0.1) is 11.2 Å². The van der Waals surface area contributed by atoms with E-state index in [1.807, 2.05) is 17.0 Å². The molecule has 0 saturated carbocycles. The van der Waals surface area contributed by atoms with Crippen molar-refractivity contribution >= 4 is 11.2 Å².